The van der Waals surface area contributed by atoms with Crippen molar-refractivity contribution in [2.75, 3.05) is 18.2 Å². The maximum Gasteiger partial charge on any atom is 0.328 e. The quantitative estimate of drug-likeness (QED) is 0.780. The number of esters is 1. The van der Waals surface area contributed by atoms with Crippen LogP contribution in [0.2, 0.25) is 0 Å². The number of rotatable bonds is 5. The van der Waals surface area contributed by atoms with Crippen LogP contribution in [-0.2, 0) is 9.53 Å². The van der Waals surface area contributed by atoms with E-state index in [0.29, 0.717) is 23.7 Å². The number of nitrogens with two attached hydrogens (primary N) is 1. The Morgan fingerprint density at radius 1 is 1.63 bits per heavy atom. The van der Waals surface area contributed by atoms with Crippen molar-refractivity contribution in [3.63, 3.8) is 0 Å². The van der Waals surface area contributed by atoms with Gasteiger partial charge < -0.3 is 15.8 Å². The number of hydrogen-bond donors (Lipinski definition) is 2. The number of carbonyl (C=O) groups is 1. The van der Waals surface area contributed by atoms with Crippen LogP contribution >= 0.6 is 0 Å². The lowest BCUT2D eigenvalue weighted by atomic mass is 10.0. The molecule has 1 aromatic heterocycles. The molecule has 0 radical (unpaired) electrons. The molecule has 1 heterocycles. The van der Waals surface area contributed by atoms with Crippen LogP contribution in [0.5, 0.6) is 0 Å². The minimum Gasteiger partial charge on any atom is -0.467 e. The van der Waals surface area contributed by atoms with Crippen molar-refractivity contribution in [3.8, 4) is 6.07 Å². The lowest BCUT2D eigenvalue weighted by Gasteiger charge is -2.19. The van der Waals surface area contributed by atoms with Gasteiger partial charge in [0.1, 0.15) is 12.1 Å². The number of nitrogens with one attached hydrogen (secondary N) is 1. The second-order valence-corrected chi connectivity index (χ2v) is 4.58. The average molecular weight is 262 g/mol. The molecule has 1 atom stereocenters. The van der Waals surface area contributed by atoms with Crippen molar-refractivity contribution < 1.29 is 9.53 Å². The molecule has 0 aromatic carbocycles. The first-order valence-corrected chi connectivity index (χ1v) is 5.98. The summed E-state index contributed by atoms with van der Waals surface area (Å²) >= 11 is 0. The van der Waals surface area contributed by atoms with E-state index in [2.05, 4.69) is 10.3 Å². The zero-order chi connectivity index (χ0) is 14.4. The lowest BCUT2D eigenvalue weighted by molar-refractivity contribution is -0.141. The Hall–Kier alpha value is -2.29. The van der Waals surface area contributed by atoms with Gasteiger partial charge in [0.25, 0.3) is 0 Å². The van der Waals surface area contributed by atoms with Crippen molar-refractivity contribution in [2.24, 2.45) is 5.92 Å². The Morgan fingerprint density at radius 2 is 2.32 bits per heavy atom. The number of hydrogen-bond acceptors (Lipinski definition) is 6. The summed E-state index contributed by atoms with van der Waals surface area (Å²) in [7, 11) is 1.33. The number of pyridine rings is 1. The molecule has 1 aromatic rings. The highest BCUT2D eigenvalue weighted by Gasteiger charge is 2.22. The third-order valence-electron chi connectivity index (χ3n) is 2.61. The van der Waals surface area contributed by atoms with Crippen LogP contribution < -0.4 is 11.1 Å². The van der Waals surface area contributed by atoms with Crippen LogP contribution in [0.25, 0.3) is 0 Å². The Morgan fingerprint density at radius 3 is 2.84 bits per heavy atom. The zero-order valence-electron chi connectivity index (χ0n) is 11.3. The van der Waals surface area contributed by atoms with Crippen molar-refractivity contribution in [2.45, 2.75) is 26.3 Å². The van der Waals surface area contributed by atoms with Crippen molar-refractivity contribution >= 4 is 17.5 Å². The van der Waals surface area contributed by atoms with Crippen molar-refractivity contribution in [1.29, 1.82) is 5.26 Å². The standard InChI is InChI=1S/C13H18N4O2/c1-8(2)6-10(13(18)19-3)17-12-11(15)9(7-14)4-5-16-12/h4-5,8,10H,6,15H2,1-3H3,(H,16,17). The molecule has 0 saturated heterocycles. The number of aromatic nitrogens is 1. The number of carbonyl (C=O) groups excluding carboxylic acids is 1. The molecule has 1 unspecified atom stereocenters. The normalized spacial score (nSPS) is 11.7. The second kappa shape index (κ2) is 6.59. The van der Waals surface area contributed by atoms with E-state index < -0.39 is 6.04 Å². The Labute approximate surface area is 112 Å². The molecule has 19 heavy (non-hydrogen) atoms. The number of anilines is 2. The Kier molecular flexibility index (Phi) is 5.12. The third kappa shape index (κ3) is 3.85. The summed E-state index contributed by atoms with van der Waals surface area (Å²) in [6.07, 6.45) is 2.06. The fraction of sp³-hybridized carbons (Fsp3) is 0.462. The van der Waals surface area contributed by atoms with Gasteiger partial charge in [-0.2, -0.15) is 5.26 Å². The summed E-state index contributed by atoms with van der Waals surface area (Å²) in [5.74, 6) is 0.254. The number of nitriles is 1. The SMILES string of the molecule is COC(=O)C(CC(C)C)Nc1nccc(C#N)c1N. The van der Waals surface area contributed by atoms with Gasteiger partial charge in [0, 0.05) is 6.20 Å². The highest BCUT2D eigenvalue weighted by Crippen LogP contribution is 2.21. The molecule has 0 aliphatic carbocycles. The smallest absolute Gasteiger partial charge is 0.328 e. The molecular formula is C13H18N4O2. The molecule has 0 bridgehead atoms. The van der Waals surface area contributed by atoms with Gasteiger partial charge in [-0.1, -0.05) is 13.8 Å². The van der Waals surface area contributed by atoms with Crippen molar-refractivity contribution in [3.05, 3.63) is 17.8 Å². The predicted molar refractivity (Wildman–Crippen MR) is 72.2 cm³/mol. The first-order chi connectivity index (χ1) is 8.99. The van der Waals surface area contributed by atoms with E-state index in [-0.39, 0.29) is 11.7 Å². The van der Waals surface area contributed by atoms with Gasteiger partial charge >= 0.3 is 5.97 Å². The van der Waals surface area contributed by atoms with Gasteiger partial charge in [-0.15, -0.1) is 0 Å². The van der Waals surface area contributed by atoms with E-state index in [1.807, 2.05) is 19.9 Å². The van der Waals surface area contributed by atoms with Gasteiger partial charge in [0.2, 0.25) is 0 Å². The van der Waals surface area contributed by atoms with E-state index in [1.165, 1.54) is 19.4 Å². The van der Waals surface area contributed by atoms with Gasteiger partial charge in [0.05, 0.1) is 18.4 Å². The van der Waals surface area contributed by atoms with E-state index in [9.17, 15) is 4.79 Å². The van der Waals surface area contributed by atoms with E-state index in [0.717, 1.165) is 0 Å². The van der Waals surface area contributed by atoms with Crippen LogP contribution in [0.3, 0.4) is 0 Å². The van der Waals surface area contributed by atoms with E-state index in [4.69, 9.17) is 15.7 Å². The summed E-state index contributed by atoms with van der Waals surface area (Å²) in [5.41, 5.74) is 6.38. The van der Waals surface area contributed by atoms with Gasteiger partial charge in [0.15, 0.2) is 5.82 Å². The van der Waals surface area contributed by atoms with Gasteiger partial charge in [-0.05, 0) is 18.4 Å². The van der Waals surface area contributed by atoms with Crippen LogP contribution in [0.15, 0.2) is 12.3 Å². The minimum absolute atomic E-state index is 0.239. The number of methoxy groups -OCH3 is 1. The number of nitrogens with zero attached hydrogens (tertiary/aromatic N) is 2. The van der Waals surface area contributed by atoms with Gasteiger partial charge in [-0.3, -0.25) is 0 Å². The first kappa shape index (κ1) is 14.8. The summed E-state index contributed by atoms with van der Waals surface area (Å²) in [5, 5.41) is 11.8. The molecule has 0 fully saturated rings. The molecule has 3 N–H and O–H groups in total. The van der Waals surface area contributed by atoms with E-state index >= 15 is 0 Å². The maximum atomic E-state index is 11.7. The summed E-state index contributed by atoms with van der Waals surface area (Å²) in [4.78, 5) is 15.8. The van der Waals surface area contributed by atoms with Gasteiger partial charge in [-0.25, -0.2) is 9.78 Å². The molecule has 102 valence electrons. The van der Waals surface area contributed by atoms with Crippen LogP contribution in [0.4, 0.5) is 11.5 Å². The topological polar surface area (TPSA) is 101 Å². The molecule has 1 rings (SSSR count). The minimum atomic E-state index is -0.534. The van der Waals surface area contributed by atoms with Crippen LogP contribution in [0, 0.1) is 17.2 Å². The highest BCUT2D eigenvalue weighted by molar-refractivity contribution is 5.81. The second-order valence-electron chi connectivity index (χ2n) is 4.58. The molecule has 0 aliphatic rings. The average Bonchev–Trinajstić information content (AvgIpc) is 2.38. The Bertz CT molecular complexity index is 494. The summed E-state index contributed by atoms with van der Waals surface area (Å²) in [6.45, 7) is 4.00. The predicted octanol–water partition coefficient (Wildman–Crippen LogP) is 1.54. The third-order valence-corrected chi connectivity index (χ3v) is 2.61. The van der Waals surface area contributed by atoms with Crippen LogP contribution in [0.1, 0.15) is 25.8 Å². The molecule has 0 spiro atoms. The fourth-order valence-corrected chi connectivity index (χ4v) is 1.68. The number of nitrogen functional groups attached to an aromatic ring is 1. The fourth-order valence-electron chi connectivity index (χ4n) is 1.68. The van der Waals surface area contributed by atoms with Crippen molar-refractivity contribution in [1.82, 2.24) is 4.98 Å². The monoisotopic (exact) mass is 262 g/mol. The zero-order valence-corrected chi connectivity index (χ0v) is 11.3. The highest BCUT2D eigenvalue weighted by atomic mass is 16.5. The molecule has 0 saturated carbocycles. The summed E-state index contributed by atoms with van der Waals surface area (Å²) < 4.78 is 4.75. The molecular weight excluding hydrogens is 244 g/mol. The van der Waals surface area contributed by atoms with E-state index in [1.54, 1.807) is 0 Å². The summed E-state index contributed by atoms with van der Waals surface area (Å²) in [6, 6.07) is 2.96. The maximum absolute atomic E-state index is 11.7. The molecule has 6 heteroatoms. The van der Waals surface area contributed by atoms with Crippen LogP contribution in [-0.4, -0.2) is 24.1 Å². The lowest BCUT2D eigenvalue weighted by Crippen LogP contribution is -2.32. The molecule has 0 amide bonds. The number of ether oxygens (including phenoxy) is 1. The molecule has 0 aliphatic heterocycles. The molecule has 6 nitrogen and oxygen atoms in total. The Balaban J connectivity index is 2.97. The first-order valence-electron chi connectivity index (χ1n) is 5.98. The largest absolute Gasteiger partial charge is 0.467 e.